The molecule has 0 aromatic carbocycles. The summed E-state index contributed by atoms with van der Waals surface area (Å²) >= 11 is 0. The second-order valence-corrected chi connectivity index (χ2v) is 13.4. The average molecular weight is 447 g/mol. The monoisotopic (exact) mass is 446 g/mol. The van der Waals surface area contributed by atoms with Gasteiger partial charge in [0.1, 0.15) is 0 Å². The van der Waals surface area contributed by atoms with Gasteiger partial charge >= 0.3 is 0 Å². The zero-order valence-corrected chi connectivity index (χ0v) is 21.3. The van der Waals surface area contributed by atoms with Crippen molar-refractivity contribution >= 4 is 0 Å². The minimum Gasteiger partial charge on any atom is -0.396 e. The van der Waals surface area contributed by atoms with E-state index in [1.54, 1.807) is 0 Å². The molecule has 0 aliphatic heterocycles. The summed E-state index contributed by atoms with van der Waals surface area (Å²) in [6.07, 6.45) is 15.2. The fourth-order valence-corrected chi connectivity index (χ4v) is 9.54. The molecule has 0 aromatic heterocycles. The van der Waals surface area contributed by atoms with Crippen molar-refractivity contribution in [3.05, 3.63) is 12.7 Å². The number of rotatable bonds is 7. The van der Waals surface area contributed by atoms with Gasteiger partial charge in [0, 0.05) is 6.61 Å². The number of hydrogen-bond acceptors (Lipinski definition) is 3. The Bertz CT molecular complexity index is 688. The third kappa shape index (κ3) is 4.13. The molecule has 4 fully saturated rings. The lowest BCUT2D eigenvalue weighted by molar-refractivity contribution is -0.142. The van der Waals surface area contributed by atoms with Gasteiger partial charge < -0.3 is 15.3 Å². The first-order valence-corrected chi connectivity index (χ1v) is 13.7. The molecule has 3 nitrogen and oxygen atoms in total. The molecule has 0 aromatic rings. The number of fused-ring (bicyclic) bond motifs is 5. The molecule has 10 atom stereocenters. The van der Waals surface area contributed by atoms with Gasteiger partial charge in [-0.3, -0.25) is 0 Å². The highest BCUT2D eigenvalue weighted by atomic mass is 16.3. The second-order valence-electron chi connectivity index (χ2n) is 13.4. The maximum absolute atomic E-state index is 10.9. The van der Waals surface area contributed by atoms with Gasteiger partial charge in [-0.05, 0) is 130 Å². The van der Waals surface area contributed by atoms with Gasteiger partial charge in [0.25, 0.3) is 0 Å². The Morgan fingerprint density at radius 2 is 1.72 bits per heavy atom. The highest BCUT2D eigenvalue weighted by Gasteiger charge is 2.61. The van der Waals surface area contributed by atoms with E-state index in [1.807, 2.05) is 13.0 Å². The summed E-state index contributed by atoms with van der Waals surface area (Å²) in [5, 5.41) is 30.7. The van der Waals surface area contributed by atoms with Crippen molar-refractivity contribution in [3.63, 3.8) is 0 Å². The van der Waals surface area contributed by atoms with E-state index in [1.165, 1.54) is 38.5 Å². The van der Waals surface area contributed by atoms with Crippen LogP contribution in [0.5, 0.6) is 0 Å². The molecule has 0 radical (unpaired) electrons. The molecule has 0 bridgehead atoms. The fourth-order valence-electron chi connectivity index (χ4n) is 9.54. The van der Waals surface area contributed by atoms with Crippen molar-refractivity contribution in [2.75, 3.05) is 6.61 Å². The number of aliphatic hydroxyl groups is 3. The predicted molar refractivity (Wildman–Crippen MR) is 131 cm³/mol. The van der Waals surface area contributed by atoms with E-state index < -0.39 is 11.2 Å². The van der Waals surface area contributed by atoms with Gasteiger partial charge in [-0.15, -0.1) is 6.58 Å². The normalized spacial score (nSPS) is 48.8. The topological polar surface area (TPSA) is 60.7 Å². The van der Waals surface area contributed by atoms with E-state index in [0.29, 0.717) is 29.1 Å². The van der Waals surface area contributed by atoms with E-state index in [0.717, 1.165) is 55.8 Å². The largest absolute Gasteiger partial charge is 0.396 e. The molecule has 4 unspecified atom stereocenters. The lowest BCUT2D eigenvalue weighted by Gasteiger charge is -2.62. The summed E-state index contributed by atoms with van der Waals surface area (Å²) in [5.41, 5.74) is -0.526. The van der Waals surface area contributed by atoms with Crippen LogP contribution in [0.4, 0.5) is 0 Å². The molecule has 3 heteroatoms. The Hall–Kier alpha value is -0.380. The first-order valence-electron chi connectivity index (χ1n) is 13.7. The third-order valence-electron chi connectivity index (χ3n) is 11.7. The second kappa shape index (κ2) is 8.68. The van der Waals surface area contributed by atoms with Gasteiger partial charge in [0.05, 0.1) is 11.2 Å². The van der Waals surface area contributed by atoms with Crippen LogP contribution in [0, 0.1) is 46.3 Å². The summed E-state index contributed by atoms with van der Waals surface area (Å²) in [6, 6.07) is 0. The molecule has 4 rings (SSSR count). The van der Waals surface area contributed by atoms with E-state index in [2.05, 4.69) is 27.4 Å². The van der Waals surface area contributed by atoms with Crippen LogP contribution in [0.2, 0.25) is 0 Å². The van der Waals surface area contributed by atoms with Gasteiger partial charge in [-0.25, -0.2) is 0 Å². The molecule has 4 aliphatic carbocycles. The van der Waals surface area contributed by atoms with Crippen LogP contribution in [0.25, 0.3) is 0 Å². The van der Waals surface area contributed by atoms with Crippen LogP contribution in [0.1, 0.15) is 105 Å². The summed E-state index contributed by atoms with van der Waals surface area (Å²) < 4.78 is 0. The number of hydrogen-bond donors (Lipinski definition) is 3. The summed E-state index contributed by atoms with van der Waals surface area (Å²) in [7, 11) is 0. The van der Waals surface area contributed by atoms with Gasteiger partial charge in [-0.1, -0.05) is 26.8 Å². The van der Waals surface area contributed by atoms with Crippen molar-refractivity contribution in [1.29, 1.82) is 0 Å². The molecular weight excluding hydrogens is 396 g/mol. The Morgan fingerprint density at radius 1 is 1.00 bits per heavy atom. The van der Waals surface area contributed by atoms with E-state index >= 15 is 0 Å². The standard InChI is InChI=1S/C29H50O3/c1-6-29(32)16-15-27(4)21(19-29)7-8-22-24-10-9-23(28(24,5)14-12-25(22)27)20(2)11-13-26(3,31)17-18-30/h6,20-25,30-32H,1,7-19H2,2-5H3/t20-,21?,22+,23-,24?,25?,26?,27+,28-,29+/m1/s1. The van der Waals surface area contributed by atoms with Crippen LogP contribution in [0.3, 0.4) is 0 Å². The molecule has 32 heavy (non-hydrogen) atoms. The van der Waals surface area contributed by atoms with Crippen molar-refractivity contribution in [1.82, 2.24) is 0 Å². The quantitative estimate of drug-likeness (QED) is 0.413. The smallest absolute Gasteiger partial charge is 0.0828 e. The molecule has 184 valence electrons. The van der Waals surface area contributed by atoms with E-state index in [-0.39, 0.29) is 6.61 Å². The van der Waals surface area contributed by atoms with Crippen LogP contribution >= 0.6 is 0 Å². The van der Waals surface area contributed by atoms with Crippen molar-refractivity contribution in [2.45, 2.75) is 116 Å². The minimum atomic E-state index is -0.735. The lowest BCUT2D eigenvalue weighted by Crippen LogP contribution is -2.55. The third-order valence-corrected chi connectivity index (χ3v) is 11.7. The van der Waals surface area contributed by atoms with Crippen LogP contribution in [-0.4, -0.2) is 33.1 Å². The molecule has 4 saturated carbocycles. The molecule has 0 saturated heterocycles. The molecular formula is C29H50O3. The molecule has 0 spiro atoms. The summed E-state index contributed by atoms with van der Waals surface area (Å²) in [5.74, 6) is 4.59. The zero-order valence-electron chi connectivity index (χ0n) is 21.3. The van der Waals surface area contributed by atoms with Gasteiger partial charge in [0.15, 0.2) is 0 Å². The van der Waals surface area contributed by atoms with Crippen LogP contribution in [0.15, 0.2) is 12.7 Å². The molecule has 3 N–H and O–H groups in total. The summed E-state index contributed by atoms with van der Waals surface area (Å²) in [4.78, 5) is 0. The Morgan fingerprint density at radius 3 is 2.41 bits per heavy atom. The van der Waals surface area contributed by atoms with E-state index in [4.69, 9.17) is 0 Å². The Kier molecular flexibility index (Phi) is 6.71. The molecule has 4 aliphatic rings. The average Bonchev–Trinajstić information content (AvgIpc) is 3.10. The Balaban J connectivity index is 1.46. The maximum Gasteiger partial charge on any atom is 0.0828 e. The highest BCUT2D eigenvalue weighted by molar-refractivity contribution is 5.13. The minimum absolute atomic E-state index is 0.0671. The van der Waals surface area contributed by atoms with Crippen molar-refractivity contribution in [2.24, 2.45) is 46.3 Å². The number of aliphatic hydroxyl groups excluding tert-OH is 1. The first kappa shape index (κ1) is 24.7. The van der Waals surface area contributed by atoms with Gasteiger partial charge in [-0.2, -0.15) is 0 Å². The predicted octanol–water partition coefficient (Wildman–Crippen LogP) is 6.11. The Labute approximate surface area is 197 Å². The lowest BCUT2D eigenvalue weighted by atomic mass is 9.43. The molecule has 0 heterocycles. The van der Waals surface area contributed by atoms with Gasteiger partial charge in [0.2, 0.25) is 0 Å². The van der Waals surface area contributed by atoms with Crippen molar-refractivity contribution < 1.29 is 15.3 Å². The SMILES string of the molecule is C=C[C@]1(O)CC[C@@]2(C)C(CC[C@@H]3C2CC[C@@]2(C)C3CC[C@@H]2[C@H](C)CCC(C)(O)CCO)C1. The first-order chi connectivity index (χ1) is 15.0. The summed E-state index contributed by atoms with van der Waals surface area (Å²) in [6.45, 7) is 13.5. The van der Waals surface area contributed by atoms with Crippen LogP contribution in [-0.2, 0) is 0 Å². The van der Waals surface area contributed by atoms with E-state index in [9.17, 15) is 15.3 Å². The fraction of sp³-hybridized carbons (Fsp3) is 0.931. The zero-order chi connectivity index (χ0) is 23.4. The van der Waals surface area contributed by atoms with Crippen LogP contribution < -0.4 is 0 Å². The highest BCUT2D eigenvalue weighted by Crippen LogP contribution is 2.69. The molecule has 0 amide bonds. The van der Waals surface area contributed by atoms with Crippen molar-refractivity contribution in [3.8, 4) is 0 Å². The maximum atomic E-state index is 10.9.